The minimum atomic E-state index is -0.485. The monoisotopic (exact) mass is 350 g/mol. The largest absolute Gasteiger partial charge is 0.392 e. The Kier molecular flexibility index (Phi) is 5.42. The number of rotatable bonds is 3. The van der Waals surface area contributed by atoms with Gasteiger partial charge in [-0.3, -0.25) is 0 Å². The van der Waals surface area contributed by atoms with E-state index in [0.29, 0.717) is 17.2 Å². The minimum absolute atomic E-state index is 0.196. The lowest BCUT2D eigenvalue weighted by molar-refractivity contribution is 0.170. The molecule has 0 bridgehead atoms. The Hall–Kier alpha value is 0.290. The van der Waals surface area contributed by atoms with Crippen molar-refractivity contribution < 1.29 is 9.50 Å². The number of benzene rings is 1. The van der Waals surface area contributed by atoms with E-state index < -0.39 is 6.10 Å². The average molecular weight is 351 g/mol. The molecule has 1 aliphatic heterocycles. The van der Waals surface area contributed by atoms with Crippen molar-refractivity contribution in [3.8, 4) is 0 Å². The van der Waals surface area contributed by atoms with Crippen molar-refractivity contribution in [3.63, 3.8) is 0 Å². The van der Waals surface area contributed by atoms with Crippen LogP contribution in [-0.2, 0) is 6.42 Å². The standard InChI is InChI=1S/C13H16BrFOS2/c1-8-13(18-5-4-17-8)12(16)7-9-6-10(14)2-3-11(9)15/h2-3,6,8,12-13,16H,4-5,7H2,1H3. The van der Waals surface area contributed by atoms with Crippen molar-refractivity contribution in [1.29, 1.82) is 0 Å². The van der Waals surface area contributed by atoms with Gasteiger partial charge >= 0.3 is 0 Å². The van der Waals surface area contributed by atoms with Crippen LogP contribution in [0.25, 0.3) is 0 Å². The average Bonchev–Trinajstić information content (AvgIpc) is 2.34. The minimum Gasteiger partial charge on any atom is -0.392 e. The first-order chi connectivity index (χ1) is 8.58. The highest BCUT2D eigenvalue weighted by molar-refractivity contribution is 9.10. The van der Waals surface area contributed by atoms with E-state index in [9.17, 15) is 9.50 Å². The van der Waals surface area contributed by atoms with Gasteiger partial charge in [-0.15, -0.1) is 0 Å². The van der Waals surface area contributed by atoms with Gasteiger partial charge in [0.25, 0.3) is 0 Å². The molecule has 3 unspecified atom stereocenters. The van der Waals surface area contributed by atoms with Crippen LogP contribution in [0, 0.1) is 5.82 Å². The van der Waals surface area contributed by atoms with Crippen LogP contribution < -0.4 is 0 Å². The van der Waals surface area contributed by atoms with Crippen LogP contribution >= 0.6 is 39.5 Å². The van der Waals surface area contributed by atoms with Gasteiger partial charge in [-0.05, 0) is 23.8 Å². The van der Waals surface area contributed by atoms with Crippen LogP contribution in [0.2, 0.25) is 0 Å². The molecular formula is C13H16BrFOS2. The van der Waals surface area contributed by atoms with Gasteiger partial charge in [0.05, 0.1) is 6.10 Å². The number of thioether (sulfide) groups is 2. The van der Waals surface area contributed by atoms with Crippen molar-refractivity contribution >= 4 is 39.5 Å². The molecule has 1 fully saturated rings. The Morgan fingerprint density at radius 2 is 2.17 bits per heavy atom. The summed E-state index contributed by atoms with van der Waals surface area (Å²) in [5, 5.41) is 10.9. The smallest absolute Gasteiger partial charge is 0.126 e. The van der Waals surface area contributed by atoms with Crippen molar-refractivity contribution in [2.75, 3.05) is 11.5 Å². The van der Waals surface area contributed by atoms with Crippen LogP contribution in [0.15, 0.2) is 22.7 Å². The second kappa shape index (κ2) is 6.64. The summed E-state index contributed by atoms with van der Waals surface area (Å²) < 4.78 is 14.5. The molecule has 0 spiro atoms. The molecule has 100 valence electrons. The zero-order valence-corrected chi connectivity index (χ0v) is 13.3. The maximum absolute atomic E-state index is 13.7. The molecule has 1 heterocycles. The van der Waals surface area contributed by atoms with Crippen LogP contribution in [0.5, 0.6) is 0 Å². The van der Waals surface area contributed by atoms with Crippen molar-refractivity contribution in [2.24, 2.45) is 0 Å². The van der Waals surface area contributed by atoms with Crippen molar-refractivity contribution in [2.45, 2.75) is 29.9 Å². The molecule has 1 nitrogen and oxygen atoms in total. The summed E-state index contributed by atoms with van der Waals surface area (Å²) in [6.07, 6.45) is -0.102. The fraction of sp³-hybridized carbons (Fsp3) is 0.538. The molecule has 0 aliphatic carbocycles. The number of aliphatic hydroxyl groups excluding tert-OH is 1. The normalized spacial score (nSPS) is 26.0. The topological polar surface area (TPSA) is 20.2 Å². The summed E-state index contributed by atoms with van der Waals surface area (Å²) in [5.74, 6) is 1.97. The summed E-state index contributed by atoms with van der Waals surface area (Å²) in [6, 6.07) is 4.88. The van der Waals surface area contributed by atoms with Gasteiger partial charge in [-0.25, -0.2) is 4.39 Å². The van der Waals surface area contributed by atoms with Gasteiger partial charge < -0.3 is 5.11 Å². The van der Waals surface area contributed by atoms with E-state index in [0.717, 1.165) is 16.0 Å². The molecule has 0 radical (unpaired) electrons. The van der Waals surface area contributed by atoms with E-state index in [1.807, 2.05) is 11.8 Å². The third-order valence-electron chi connectivity index (χ3n) is 3.05. The summed E-state index contributed by atoms with van der Waals surface area (Å²) >= 11 is 7.03. The predicted octanol–water partition coefficient (Wildman–Crippen LogP) is 3.73. The maximum Gasteiger partial charge on any atom is 0.126 e. The van der Waals surface area contributed by atoms with E-state index in [1.165, 1.54) is 6.07 Å². The molecule has 5 heteroatoms. The van der Waals surface area contributed by atoms with Gasteiger partial charge in [0.15, 0.2) is 0 Å². The quantitative estimate of drug-likeness (QED) is 0.896. The van der Waals surface area contributed by atoms with E-state index >= 15 is 0 Å². The Morgan fingerprint density at radius 3 is 2.89 bits per heavy atom. The third-order valence-corrected chi connectivity index (χ3v) is 6.78. The highest BCUT2D eigenvalue weighted by atomic mass is 79.9. The Labute approximate surface area is 124 Å². The second-order valence-electron chi connectivity index (χ2n) is 4.42. The molecule has 0 amide bonds. The Bertz CT molecular complexity index is 416. The van der Waals surface area contributed by atoms with E-state index in [1.54, 1.807) is 23.9 Å². The van der Waals surface area contributed by atoms with Gasteiger partial charge in [0, 0.05) is 32.9 Å². The van der Waals surface area contributed by atoms with Gasteiger partial charge in [-0.1, -0.05) is 22.9 Å². The molecule has 0 saturated carbocycles. The molecule has 2 rings (SSSR count). The molecule has 1 N–H and O–H groups in total. The first-order valence-corrected chi connectivity index (χ1v) is 8.82. The van der Waals surface area contributed by atoms with Gasteiger partial charge in [0.2, 0.25) is 0 Å². The van der Waals surface area contributed by atoms with Crippen LogP contribution in [0.1, 0.15) is 12.5 Å². The molecule has 1 saturated heterocycles. The first kappa shape index (κ1) is 14.7. The van der Waals surface area contributed by atoms with Gasteiger partial charge in [-0.2, -0.15) is 23.5 Å². The zero-order chi connectivity index (χ0) is 13.1. The molecule has 1 aromatic rings. The highest BCUT2D eigenvalue weighted by Crippen LogP contribution is 2.34. The second-order valence-corrected chi connectivity index (χ2v) is 8.11. The fourth-order valence-corrected chi connectivity index (χ4v) is 5.37. The highest BCUT2D eigenvalue weighted by Gasteiger charge is 2.29. The molecule has 18 heavy (non-hydrogen) atoms. The van der Waals surface area contributed by atoms with Crippen LogP contribution in [0.3, 0.4) is 0 Å². The molecular weight excluding hydrogens is 335 g/mol. The van der Waals surface area contributed by atoms with Crippen LogP contribution in [0.4, 0.5) is 4.39 Å². The lowest BCUT2D eigenvalue weighted by Gasteiger charge is -2.31. The number of halogens is 2. The van der Waals surface area contributed by atoms with Crippen molar-refractivity contribution in [1.82, 2.24) is 0 Å². The molecule has 1 aromatic carbocycles. The summed E-state index contributed by atoms with van der Waals surface area (Å²) in [6.45, 7) is 2.14. The summed E-state index contributed by atoms with van der Waals surface area (Å²) in [5.41, 5.74) is 0.584. The molecule has 0 aromatic heterocycles. The number of hydrogen-bond acceptors (Lipinski definition) is 3. The summed E-state index contributed by atoms with van der Waals surface area (Å²) in [7, 11) is 0. The molecule has 1 aliphatic rings. The fourth-order valence-electron chi connectivity index (χ4n) is 2.11. The SMILES string of the molecule is CC1SCCSC1C(O)Cc1cc(Br)ccc1F. The number of aliphatic hydroxyl groups is 1. The Morgan fingerprint density at radius 1 is 1.44 bits per heavy atom. The van der Waals surface area contributed by atoms with E-state index in [-0.39, 0.29) is 11.1 Å². The van der Waals surface area contributed by atoms with E-state index in [4.69, 9.17) is 0 Å². The predicted molar refractivity (Wildman–Crippen MR) is 82.0 cm³/mol. The van der Waals surface area contributed by atoms with Gasteiger partial charge in [0.1, 0.15) is 5.82 Å². The lowest BCUT2D eigenvalue weighted by Crippen LogP contribution is -2.36. The third kappa shape index (κ3) is 3.65. The lowest BCUT2D eigenvalue weighted by atomic mass is 10.0. The molecule has 3 atom stereocenters. The number of hydrogen-bond donors (Lipinski definition) is 1. The maximum atomic E-state index is 13.7. The van der Waals surface area contributed by atoms with Crippen molar-refractivity contribution in [3.05, 3.63) is 34.1 Å². The Balaban J connectivity index is 2.05. The zero-order valence-electron chi connectivity index (χ0n) is 10.1. The van der Waals surface area contributed by atoms with E-state index in [2.05, 4.69) is 22.9 Å². The first-order valence-electron chi connectivity index (χ1n) is 5.93. The van der Waals surface area contributed by atoms with Crippen LogP contribution in [-0.4, -0.2) is 33.2 Å². The summed E-state index contributed by atoms with van der Waals surface area (Å²) in [4.78, 5) is 0.